The first-order chi connectivity index (χ1) is 14.6. The minimum atomic E-state index is -0.252. The van der Waals surface area contributed by atoms with Crippen LogP contribution < -0.4 is 10.6 Å². The largest absolute Gasteiger partial charge is 0.376 e. The second-order valence-corrected chi connectivity index (χ2v) is 10.3. The van der Waals surface area contributed by atoms with E-state index in [4.69, 9.17) is 9.47 Å². The van der Waals surface area contributed by atoms with Gasteiger partial charge < -0.3 is 20.1 Å². The molecular weight excluding hydrogens is 380 g/mol. The molecule has 2 bridgehead atoms. The molecule has 0 aromatic rings. The van der Waals surface area contributed by atoms with Gasteiger partial charge in [0, 0.05) is 12.1 Å². The van der Waals surface area contributed by atoms with Crippen molar-refractivity contribution in [2.75, 3.05) is 19.8 Å². The Morgan fingerprint density at radius 2 is 1.30 bits per heavy atom. The maximum absolute atomic E-state index is 12.6. The van der Waals surface area contributed by atoms with E-state index < -0.39 is 0 Å². The van der Waals surface area contributed by atoms with Gasteiger partial charge in [0.15, 0.2) is 0 Å². The molecule has 0 aromatic heterocycles. The van der Waals surface area contributed by atoms with Gasteiger partial charge in [-0.15, -0.1) is 0 Å². The molecule has 0 aromatic carbocycles. The third-order valence-electron chi connectivity index (χ3n) is 7.71. The Morgan fingerprint density at radius 3 is 1.93 bits per heavy atom. The number of nitrogens with one attached hydrogen (secondary N) is 2. The molecular formula is C24H40N2O4. The van der Waals surface area contributed by atoms with Gasteiger partial charge in [0.1, 0.15) is 6.61 Å². The lowest BCUT2D eigenvalue weighted by molar-refractivity contribution is -0.185. The highest BCUT2D eigenvalue weighted by Gasteiger charge is 2.72. The van der Waals surface area contributed by atoms with Crippen molar-refractivity contribution in [3.05, 3.63) is 0 Å². The SMILES string of the molecule is O=C(COC1CCCCC1)NC12CC(C(=O)NCCOC3CCCCCCC3)(C1)C2. The summed E-state index contributed by atoms with van der Waals surface area (Å²) in [7, 11) is 0. The lowest BCUT2D eigenvalue weighted by Crippen LogP contribution is -2.78. The summed E-state index contributed by atoms with van der Waals surface area (Å²) in [5, 5.41) is 6.20. The summed E-state index contributed by atoms with van der Waals surface area (Å²) < 4.78 is 11.8. The van der Waals surface area contributed by atoms with Gasteiger partial charge in [0.25, 0.3) is 0 Å². The summed E-state index contributed by atoms with van der Waals surface area (Å²) in [5.41, 5.74) is -0.405. The van der Waals surface area contributed by atoms with Crippen molar-refractivity contribution in [3.8, 4) is 0 Å². The van der Waals surface area contributed by atoms with E-state index in [1.807, 2.05) is 0 Å². The Hall–Kier alpha value is -1.14. The van der Waals surface area contributed by atoms with Crippen LogP contribution in [0.5, 0.6) is 0 Å². The maximum atomic E-state index is 12.6. The average molecular weight is 421 g/mol. The molecule has 2 amide bonds. The predicted octanol–water partition coefficient (Wildman–Crippen LogP) is 3.62. The first-order valence-corrected chi connectivity index (χ1v) is 12.4. The highest BCUT2D eigenvalue weighted by Crippen LogP contribution is 2.67. The number of carbonyl (C=O) groups excluding carboxylic acids is 2. The van der Waals surface area contributed by atoms with Crippen molar-refractivity contribution in [2.24, 2.45) is 5.41 Å². The van der Waals surface area contributed by atoms with E-state index in [2.05, 4.69) is 10.6 Å². The van der Waals surface area contributed by atoms with E-state index in [0.717, 1.165) is 44.9 Å². The summed E-state index contributed by atoms with van der Waals surface area (Å²) in [4.78, 5) is 24.8. The molecule has 6 nitrogen and oxygen atoms in total. The first kappa shape index (κ1) is 22.1. The number of ether oxygens (including phenoxy) is 2. The molecule has 5 aliphatic rings. The van der Waals surface area contributed by atoms with Crippen molar-refractivity contribution in [1.29, 1.82) is 0 Å². The molecule has 0 aliphatic heterocycles. The molecule has 0 atom stereocenters. The molecule has 5 aliphatic carbocycles. The van der Waals surface area contributed by atoms with Crippen LogP contribution in [0.3, 0.4) is 0 Å². The van der Waals surface area contributed by atoms with Crippen molar-refractivity contribution in [2.45, 2.75) is 114 Å². The maximum Gasteiger partial charge on any atom is 0.246 e. The van der Waals surface area contributed by atoms with Crippen molar-refractivity contribution in [1.82, 2.24) is 10.6 Å². The quantitative estimate of drug-likeness (QED) is 0.559. The molecule has 0 spiro atoms. The fourth-order valence-electron chi connectivity index (χ4n) is 6.08. The number of hydrogen-bond donors (Lipinski definition) is 2. The monoisotopic (exact) mass is 420 g/mol. The van der Waals surface area contributed by atoms with E-state index in [0.29, 0.717) is 19.3 Å². The molecule has 5 saturated carbocycles. The van der Waals surface area contributed by atoms with E-state index in [-0.39, 0.29) is 35.5 Å². The van der Waals surface area contributed by atoms with Crippen molar-refractivity contribution < 1.29 is 19.1 Å². The lowest BCUT2D eigenvalue weighted by Gasteiger charge is -2.69. The molecule has 30 heavy (non-hydrogen) atoms. The van der Waals surface area contributed by atoms with Crippen LogP contribution in [0.1, 0.15) is 96.3 Å². The molecule has 170 valence electrons. The summed E-state index contributed by atoms with van der Waals surface area (Å²) in [5.74, 6) is 0.111. The summed E-state index contributed by atoms with van der Waals surface area (Å²) >= 11 is 0. The molecule has 0 saturated heterocycles. The molecule has 0 radical (unpaired) electrons. The van der Waals surface area contributed by atoms with Crippen molar-refractivity contribution >= 4 is 11.8 Å². The highest BCUT2D eigenvalue weighted by molar-refractivity contribution is 5.88. The zero-order chi connectivity index (χ0) is 20.9. The van der Waals surface area contributed by atoms with Gasteiger partial charge in [-0.1, -0.05) is 51.4 Å². The fraction of sp³-hybridized carbons (Fsp3) is 0.917. The van der Waals surface area contributed by atoms with Gasteiger partial charge in [-0.3, -0.25) is 9.59 Å². The van der Waals surface area contributed by atoms with E-state index in [1.165, 1.54) is 51.4 Å². The number of hydrogen-bond acceptors (Lipinski definition) is 4. The second kappa shape index (κ2) is 9.99. The van der Waals surface area contributed by atoms with Crippen molar-refractivity contribution in [3.63, 3.8) is 0 Å². The Morgan fingerprint density at radius 1 is 0.767 bits per heavy atom. The lowest BCUT2D eigenvalue weighted by atomic mass is 9.39. The molecule has 6 heteroatoms. The van der Waals surface area contributed by atoms with Gasteiger partial charge in [0.05, 0.1) is 24.2 Å². The topological polar surface area (TPSA) is 76.7 Å². The highest BCUT2D eigenvalue weighted by atomic mass is 16.5. The molecule has 5 rings (SSSR count). The first-order valence-electron chi connectivity index (χ1n) is 12.4. The van der Waals surface area contributed by atoms with Gasteiger partial charge in [-0.25, -0.2) is 0 Å². The average Bonchev–Trinajstić information content (AvgIpc) is 2.67. The zero-order valence-corrected chi connectivity index (χ0v) is 18.5. The Kier molecular flexibility index (Phi) is 7.35. The van der Waals surface area contributed by atoms with Crippen LogP contribution in [0.15, 0.2) is 0 Å². The van der Waals surface area contributed by atoms with Crippen LogP contribution in [-0.4, -0.2) is 49.3 Å². The van der Waals surface area contributed by atoms with E-state index in [9.17, 15) is 9.59 Å². The number of carbonyl (C=O) groups is 2. The second-order valence-electron chi connectivity index (χ2n) is 10.3. The Labute approximate surface area is 181 Å². The Balaban J connectivity index is 1.07. The minimum absolute atomic E-state index is 0.0260. The van der Waals surface area contributed by atoms with Crippen LogP contribution in [-0.2, 0) is 19.1 Å². The van der Waals surface area contributed by atoms with Gasteiger partial charge >= 0.3 is 0 Å². The summed E-state index contributed by atoms with van der Waals surface area (Å²) in [6, 6.07) is 0. The molecule has 0 unspecified atom stereocenters. The molecule has 0 heterocycles. The Bertz CT molecular complexity index is 574. The van der Waals surface area contributed by atoms with Crippen LogP contribution in [0.2, 0.25) is 0 Å². The van der Waals surface area contributed by atoms with Crippen LogP contribution >= 0.6 is 0 Å². The zero-order valence-electron chi connectivity index (χ0n) is 18.5. The van der Waals surface area contributed by atoms with Crippen LogP contribution in [0.25, 0.3) is 0 Å². The van der Waals surface area contributed by atoms with Gasteiger partial charge in [-0.05, 0) is 44.9 Å². The summed E-state index contributed by atoms with van der Waals surface area (Å²) in [6.45, 7) is 1.35. The summed E-state index contributed by atoms with van der Waals surface area (Å²) in [6.07, 6.45) is 17.6. The van der Waals surface area contributed by atoms with Crippen LogP contribution in [0.4, 0.5) is 0 Å². The molecule has 5 fully saturated rings. The standard InChI is InChI=1S/C24H40N2O4/c27-21(15-30-20-11-7-4-8-12-20)26-24-16-23(17-24,18-24)22(28)25-13-14-29-19-9-5-2-1-3-6-10-19/h19-20H,1-18H2,(H,25,28)(H,26,27). The van der Waals surface area contributed by atoms with E-state index >= 15 is 0 Å². The third kappa shape index (κ3) is 5.37. The fourth-order valence-corrected chi connectivity index (χ4v) is 6.08. The number of rotatable bonds is 9. The van der Waals surface area contributed by atoms with E-state index in [1.54, 1.807) is 0 Å². The van der Waals surface area contributed by atoms with Crippen LogP contribution in [0, 0.1) is 5.41 Å². The third-order valence-corrected chi connectivity index (χ3v) is 7.71. The smallest absolute Gasteiger partial charge is 0.246 e. The molecule has 2 N–H and O–H groups in total. The number of amides is 2. The van der Waals surface area contributed by atoms with Gasteiger partial charge in [-0.2, -0.15) is 0 Å². The predicted molar refractivity (Wildman–Crippen MR) is 115 cm³/mol. The normalized spacial score (nSPS) is 32.3. The minimum Gasteiger partial charge on any atom is -0.376 e. The van der Waals surface area contributed by atoms with Gasteiger partial charge in [0.2, 0.25) is 11.8 Å².